The van der Waals surface area contributed by atoms with Crippen molar-refractivity contribution in [2.24, 2.45) is 5.16 Å². The van der Waals surface area contributed by atoms with Gasteiger partial charge in [0.25, 0.3) is 0 Å². The predicted octanol–water partition coefficient (Wildman–Crippen LogP) is 5.92. The van der Waals surface area contributed by atoms with Gasteiger partial charge >= 0.3 is 6.18 Å². The number of hydrogen-bond donors (Lipinski definition) is 0. The third-order valence-corrected chi connectivity index (χ3v) is 4.10. The maximum absolute atomic E-state index is 13.7. The number of hydrogen-bond acceptors (Lipinski definition) is 4. The van der Waals surface area contributed by atoms with Crippen LogP contribution in [-0.2, 0) is 4.84 Å². The molecule has 29 heavy (non-hydrogen) atoms. The van der Waals surface area contributed by atoms with Crippen LogP contribution < -0.4 is 9.47 Å². The zero-order valence-electron chi connectivity index (χ0n) is 16.8. The van der Waals surface area contributed by atoms with Gasteiger partial charge in [0.1, 0.15) is 25.2 Å². The number of benzene rings is 2. The monoisotopic (exact) mass is 407 g/mol. The van der Waals surface area contributed by atoms with E-state index in [4.69, 9.17) is 9.47 Å². The number of allylic oxidation sites excluding steroid dienone is 1. The topological polar surface area (TPSA) is 40.0 Å². The Kier molecular flexibility index (Phi) is 7.70. The Hall–Kier alpha value is -2.96. The molecule has 156 valence electrons. The number of alkyl halides is 3. The molecule has 0 aliphatic rings. The number of ether oxygens (including phenoxy) is 2. The van der Waals surface area contributed by atoms with Crippen molar-refractivity contribution in [2.75, 3.05) is 13.7 Å². The fourth-order valence-electron chi connectivity index (χ4n) is 2.73. The average Bonchev–Trinajstić information content (AvgIpc) is 2.66. The summed E-state index contributed by atoms with van der Waals surface area (Å²) < 4.78 is 52.3. The molecule has 0 aliphatic heterocycles. The van der Waals surface area contributed by atoms with E-state index in [0.29, 0.717) is 29.0 Å². The van der Waals surface area contributed by atoms with Gasteiger partial charge in [0.15, 0.2) is 0 Å². The SMILES string of the molecule is C/C=C/COc1cc(C)c(OC(c2ccc(C=NOC)cc2)C(F)(F)F)c(C)c1. The second kappa shape index (κ2) is 10.0. The van der Waals surface area contributed by atoms with Gasteiger partial charge < -0.3 is 14.3 Å². The summed E-state index contributed by atoms with van der Waals surface area (Å²) in [4.78, 5) is 4.57. The molecule has 0 saturated carbocycles. The van der Waals surface area contributed by atoms with Crippen molar-refractivity contribution >= 4 is 6.21 Å². The normalized spacial score (nSPS) is 13.1. The average molecular weight is 407 g/mol. The molecule has 4 nitrogen and oxygen atoms in total. The highest BCUT2D eigenvalue weighted by molar-refractivity contribution is 5.79. The number of oxime groups is 1. The summed E-state index contributed by atoms with van der Waals surface area (Å²) in [5.41, 5.74) is 1.75. The van der Waals surface area contributed by atoms with Gasteiger partial charge in [-0.15, -0.1) is 0 Å². The molecular formula is C22H24F3NO3. The van der Waals surface area contributed by atoms with Crippen molar-refractivity contribution in [3.05, 3.63) is 70.8 Å². The Bertz CT molecular complexity index is 836. The van der Waals surface area contributed by atoms with Crippen LogP contribution in [-0.4, -0.2) is 26.1 Å². The zero-order valence-corrected chi connectivity index (χ0v) is 16.8. The van der Waals surface area contributed by atoms with Crippen molar-refractivity contribution in [3.8, 4) is 11.5 Å². The molecule has 0 bridgehead atoms. The van der Waals surface area contributed by atoms with Crippen molar-refractivity contribution in [2.45, 2.75) is 33.1 Å². The minimum Gasteiger partial charge on any atom is -0.490 e. The van der Waals surface area contributed by atoms with Crippen molar-refractivity contribution < 1.29 is 27.5 Å². The summed E-state index contributed by atoms with van der Waals surface area (Å²) >= 11 is 0. The van der Waals surface area contributed by atoms with Crippen molar-refractivity contribution in [3.63, 3.8) is 0 Å². The first kappa shape index (κ1) is 22.3. The molecule has 0 heterocycles. The predicted molar refractivity (Wildman–Crippen MR) is 107 cm³/mol. The molecule has 7 heteroatoms. The molecule has 2 rings (SSSR count). The summed E-state index contributed by atoms with van der Waals surface area (Å²) in [6, 6.07) is 9.13. The Morgan fingerprint density at radius 3 is 2.21 bits per heavy atom. The van der Waals surface area contributed by atoms with Crippen LogP contribution in [0.1, 0.15) is 35.3 Å². The zero-order chi connectivity index (χ0) is 21.4. The molecule has 0 aromatic heterocycles. The lowest BCUT2D eigenvalue weighted by atomic mass is 10.1. The largest absolute Gasteiger partial charge is 0.490 e. The molecule has 2 aromatic carbocycles. The van der Waals surface area contributed by atoms with E-state index in [2.05, 4.69) is 9.99 Å². The Morgan fingerprint density at radius 2 is 1.69 bits per heavy atom. The summed E-state index contributed by atoms with van der Waals surface area (Å²) in [5.74, 6) is 0.770. The van der Waals surface area contributed by atoms with Crippen molar-refractivity contribution in [1.29, 1.82) is 0 Å². The standard InChI is InChI=1S/C22H24F3NO3/c1-5-6-11-28-19-12-15(2)20(16(3)13-19)29-21(22(23,24)25)18-9-7-17(8-10-18)14-26-27-4/h5-10,12-14,21H,11H2,1-4H3/b6-5+,26-14?. The van der Waals surface area contributed by atoms with Crippen LogP contribution in [0.25, 0.3) is 0 Å². The highest BCUT2D eigenvalue weighted by atomic mass is 19.4. The quantitative estimate of drug-likeness (QED) is 0.310. The second-order valence-electron chi connectivity index (χ2n) is 6.39. The van der Waals surface area contributed by atoms with Crippen LogP contribution in [0.3, 0.4) is 0 Å². The molecule has 1 atom stereocenters. The molecule has 0 aliphatic carbocycles. The maximum Gasteiger partial charge on any atom is 0.429 e. The Morgan fingerprint density at radius 1 is 1.07 bits per heavy atom. The number of nitrogens with zero attached hydrogens (tertiary/aromatic N) is 1. The van der Waals surface area contributed by atoms with Crippen LogP contribution >= 0.6 is 0 Å². The van der Waals surface area contributed by atoms with Gasteiger partial charge in [0, 0.05) is 5.56 Å². The van der Waals surface area contributed by atoms with E-state index in [1.54, 1.807) is 26.0 Å². The van der Waals surface area contributed by atoms with Crippen LogP contribution in [0.4, 0.5) is 13.2 Å². The van der Waals surface area contributed by atoms with Gasteiger partial charge in [0.05, 0.1) is 6.21 Å². The molecule has 0 spiro atoms. The number of rotatable bonds is 8. The second-order valence-corrected chi connectivity index (χ2v) is 6.39. The highest BCUT2D eigenvalue weighted by Gasteiger charge is 2.43. The van der Waals surface area contributed by atoms with Gasteiger partial charge in [-0.3, -0.25) is 0 Å². The van der Waals surface area contributed by atoms with E-state index >= 15 is 0 Å². The van der Waals surface area contributed by atoms with Gasteiger partial charge in [-0.1, -0.05) is 41.6 Å². The fourth-order valence-corrected chi connectivity index (χ4v) is 2.73. The fraction of sp³-hybridized carbons (Fsp3) is 0.318. The summed E-state index contributed by atoms with van der Waals surface area (Å²) in [6.45, 7) is 5.66. The third-order valence-electron chi connectivity index (χ3n) is 4.10. The first-order valence-electron chi connectivity index (χ1n) is 9.01. The van der Waals surface area contributed by atoms with Crippen LogP contribution in [0.15, 0.2) is 53.7 Å². The molecule has 1 unspecified atom stereocenters. The summed E-state index contributed by atoms with van der Waals surface area (Å²) in [7, 11) is 1.39. The smallest absolute Gasteiger partial charge is 0.429 e. The van der Waals surface area contributed by atoms with E-state index in [1.807, 2.05) is 19.1 Å². The molecule has 0 radical (unpaired) electrons. The van der Waals surface area contributed by atoms with Gasteiger partial charge in [-0.2, -0.15) is 13.2 Å². The van der Waals surface area contributed by atoms with Crippen LogP contribution in [0.2, 0.25) is 0 Å². The van der Waals surface area contributed by atoms with Crippen LogP contribution in [0, 0.1) is 13.8 Å². The summed E-state index contributed by atoms with van der Waals surface area (Å²) in [5, 5.41) is 3.60. The van der Waals surface area contributed by atoms with Gasteiger partial charge in [-0.25, -0.2) is 0 Å². The number of halogens is 3. The Labute approximate surface area is 168 Å². The lowest BCUT2D eigenvalue weighted by Crippen LogP contribution is -2.26. The lowest BCUT2D eigenvalue weighted by molar-refractivity contribution is -0.198. The van der Waals surface area contributed by atoms with Gasteiger partial charge in [-0.05, 0) is 49.6 Å². The molecule has 0 N–H and O–H groups in total. The highest BCUT2D eigenvalue weighted by Crippen LogP contribution is 2.39. The van der Waals surface area contributed by atoms with E-state index in [-0.39, 0.29) is 11.3 Å². The van der Waals surface area contributed by atoms with E-state index in [1.165, 1.54) is 37.6 Å². The van der Waals surface area contributed by atoms with Crippen molar-refractivity contribution in [1.82, 2.24) is 0 Å². The Balaban J connectivity index is 2.30. The van der Waals surface area contributed by atoms with E-state index < -0.39 is 12.3 Å². The minimum atomic E-state index is -4.58. The molecule has 0 fully saturated rings. The van der Waals surface area contributed by atoms with Crippen LogP contribution in [0.5, 0.6) is 11.5 Å². The summed E-state index contributed by atoms with van der Waals surface area (Å²) in [6.07, 6.45) is -1.56. The van der Waals surface area contributed by atoms with E-state index in [9.17, 15) is 13.2 Å². The number of aryl methyl sites for hydroxylation is 2. The molecule has 0 saturated heterocycles. The van der Waals surface area contributed by atoms with Gasteiger partial charge in [0.2, 0.25) is 6.10 Å². The van der Waals surface area contributed by atoms with E-state index in [0.717, 1.165) is 0 Å². The molecule has 0 amide bonds. The third kappa shape index (κ3) is 6.27. The molecule has 2 aromatic rings. The minimum absolute atomic E-state index is 0.000670. The first-order chi connectivity index (χ1) is 13.8. The maximum atomic E-state index is 13.7. The molecular weight excluding hydrogens is 383 g/mol. The first-order valence-corrected chi connectivity index (χ1v) is 9.01. The lowest BCUT2D eigenvalue weighted by Gasteiger charge is -2.24.